The summed E-state index contributed by atoms with van der Waals surface area (Å²) in [5.74, 6) is 1.11. The summed E-state index contributed by atoms with van der Waals surface area (Å²) in [6, 6.07) is 11.5. The smallest absolute Gasteiger partial charge is 0.244 e. The number of carbonyl (C=O) groups is 1. The van der Waals surface area contributed by atoms with Crippen LogP contribution in [0.1, 0.15) is 11.4 Å². The van der Waals surface area contributed by atoms with Crippen molar-refractivity contribution in [2.75, 3.05) is 23.8 Å². The van der Waals surface area contributed by atoms with Crippen LogP contribution < -0.4 is 10.2 Å². The van der Waals surface area contributed by atoms with E-state index in [1.807, 2.05) is 62.2 Å². The van der Waals surface area contributed by atoms with Gasteiger partial charge in [-0.3, -0.25) is 14.9 Å². The van der Waals surface area contributed by atoms with Crippen molar-refractivity contribution >= 4 is 28.3 Å². The molecule has 0 saturated heterocycles. The predicted molar refractivity (Wildman–Crippen MR) is 113 cm³/mol. The number of pyridine rings is 1. The minimum absolute atomic E-state index is 0.136. The van der Waals surface area contributed by atoms with Crippen molar-refractivity contribution in [3.63, 3.8) is 0 Å². The van der Waals surface area contributed by atoms with E-state index in [1.165, 1.54) is 0 Å². The van der Waals surface area contributed by atoms with E-state index in [9.17, 15) is 4.79 Å². The van der Waals surface area contributed by atoms with Gasteiger partial charge in [0.15, 0.2) is 5.82 Å². The number of rotatable bonds is 5. The van der Waals surface area contributed by atoms with Crippen LogP contribution in [0, 0.1) is 13.8 Å². The van der Waals surface area contributed by atoms with Gasteiger partial charge in [0.05, 0.1) is 29.1 Å². The van der Waals surface area contributed by atoms with Crippen LogP contribution in [0.4, 0.5) is 11.5 Å². The third-order valence-corrected chi connectivity index (χ3v) is 4.64. The molecular formula is C21H21N7O. The van der Waals surface area contributed by atoms with Gasteiger partial charge in [-0.2, -0.15) is 5.10 Å². The molecule has 0 unspecified atom stereocenters. The molecule has 0 saturated carbocycles. The van der Waals surface area contributed by atoms with Crippen LogP contribution in [-0.4, -0.2) is 44.6 Å². The summed E-state index contributed by atoms with van der Waals surface area (Å²) < 4.78 is 0. The first-order valence-corrected chi connectivity index (χ1v) is 9.22. The molecule has 0 aliphatic carbocycles. The van der Waals surface area contributed by atoms with Crippen molar-refractivity contribution in [3.05, 3.63) is 60.2 Å². The molecule has 1 aromatic carbocycles. The molecule has 0 bridgehead atoms. The SMILES string of the molecule is Cc1n[nH]c(C)c1NC(=O)CN(C)c1nc(-c2cccnc2)nc2ccccc12. The Morgan fingerprint density at radius 3 is 2.69 bits per heavy atom. The first-order valence-electron chi connectivity index (χ1n) is 9.22. The summed E-state index contributed by atoms with van der Waals surface area (Å²) in [4.78, 5) is 28.0. The average Bonchev–Trinajstić information content (AvgIpc) is 3.05. The number of aromatic amines is 1. The molecule has 1 amide bonds. The number of benzene rings is 1. The largest absolute Gasteiger partial charge is 0.350 e. The topological polar surface area (TPSA) is 99.7 Å². The van der Waals surface area contributed by atoms with Crippen molar-refractivity contribution in [3.8, 4) is 11.4 Å². The summed E-state index contributed by atoms with van der Waals surface area (Å²) >= 11 is 0. The van der Waals surface area contributed by atoms with Gasteiger partial charge in [-0.15, -0.1) is 0 Å². The quantitative estimate of drug-likeness (QED) is 0.546. The molecule has 0 spiro atoms. The molecule has 0 aliphatic rings. The second-order valence-corrected chi connectivity index (χ2v) is 6.84. The maximum absolute atomic E-state index is 12.6. The third kappa shape index (κ3) is 3.77. The summed E-state index contributed by atoms with van der Waals surface area (Å²) in [7, 11) is 1.84. The van der Waals surface area contributed by atoms with E-state index in [0.29, 0.717) is 17.3 Å². The van der Waals surface area contributed by atoms with Crippen molar-refractivity contribution in [1.82, 2.24) is 25.1 Å². The fourth-order valence-corrected chi connectivity index (χ4v) is 3.18. The molecule has 0 aliphatic heterocycles. The molecule has 0 radical (unpaired) electrons. The number of hydrogen-bond acceptors (Lipinski definition) is 6. The Balaban J connectivity index is 1.66. The number of amides is 1. The molecule has 4 aromatic rings. The number of hydrogen-bond donors (Lipinski definition) is 2. The molecule has 4 rings (SSSR count). The molecule has 3 aromatic heterocycles. The lowest BCUT2D eigenvalue weighted by Crippen LogP contribution is -2.31. The second-order valence-electron chi connectivity index (χ2n) is 6.84. The number of H-pyrrole nitrogens is 1. The van der Waals surface area contributed by atoms with Gasteiger partial charge in [0.2, 0.25) is 5.91 Å². The van der Waals surface area contributed by atoms with Crippen LogP contribution in [0.5, 0.6) is 0 Å². The lowest BCUT2D eigenvalue weighted by atomic mass is 10.2. The summed E-state index contributed by atoms with van der Waals surface area (Å²) in [6.07, 6.45) is 3.44. The van der Waals surface area contributed by atoms with Crippen LogP contribution in [-0.2, 0) is 4.79 Å². The first-order chi connectivity index (χ1) is 14.0. The number of carbonyl (C=O) groups excluding carboxylic acids is 1. The number of para-hydroxylation sites is 1. The standard InChI is InChI=1S/C21H21N7O/c1-13-19(14(2)27-26-13)24-18(29)12-28(3)21-16-8-4-5-9-17(16)23-20(25-21)15-7-6-10-22-11-15/h4-11H,12H2,1-3H3,(H,24,29)(H,26,27). The molecule has 0 fully saturated rings. The number of nitrogens with one attached hydrogen (secondary N) is 2. The molecule has 8 nitrogen and oxygen atoms in total. The maximum atomic E-state index is 12.6. The summed E-state index contributed by atoms with van der Waals surface area (Å²) in [5, 5.41) is 10.8. The molecule has 2 N–H and O–H groups in total. The third-order valence-electron chi connectivity index (χ3n) is 4.64. The van der Waals surface area contributed by atoms with Crippen molar-refractivity contribution in [1.29, 1.82) is 0 Å². The van der Waals surface area contributed by atoms with Crippen LogP contribution in [0.3, 0.4) is 0 Å². The van der Waals surface area contributed by atoms with Gasteiger partial charge < -0.3 is 10.2 Å². The number of anilines is 2. The number of likely N-dealkylation sites (N-methyl/N-ethyl adjacent to an activating group) is 1. The first kappa shape index (κ1) is 18.5. The monoisotopic (exact) mass is 387 g/mol. The van der Waals surface area contributed by atoms with Gasteiger partial charge in [-0.05, 0) is 38.1 Å². The van der Waals surface area contributed by atoms with Crippen molar-refractivity contribution < 1.29 is 4.79 Å². The van der Waals surface area contributed by atoms with E-state index >= 15 is 0 Å². The average molecular weight is 387 g/mol. The van der Waals surface area contributed by atoms with E-state index in [0.717, 1.165) is 27.9 Å². The Morgan fingerprint density at radius 1 is 1.14 bits per heavy atom. The van der Waals surface area contributed by atoms with Gasteiger partial charge in [0.1, 0.15) is 5.82 Å². The second kappa shape index (κ2) is 7.67. The lowest BCUT2D eigenvalue weighted by molar-refractivity contribution is -0.114. The van der Waals surface area contributed by atoms with Crippen molar-refractivity contribution in [2.45, 2.75) is 13.8 Å². The van der Waals surface area contributed by atoms with Gasteiger partial charge >= 0.3 is 0 Å². The summed E-state index contributed by atoms with van der Waals surface area (Å²) in [5.41, 5.74) is 3.92. The minimum Gasteiger partial charge on any atom is -0.350 e. The zero-order chi connectivity index (χ0) is 20.4. The van der Waals surface area contributed by atoms with Crippen LogP contribution in [0.2, 0.25) is 0 Å². The van der Waals surface area contributed by atoms with Crippen molar-refractivity contribution in [2.24, 2.45) is 0 Å². The highest BCUT2D eigenvalue weighted by Gasteiger charge is 2.17. The molecule has 29 heavy (non-hydrogen) atoms. The highest BCUT2D eigenvalue weighted by Crippen LogP contribution is 2.26. The zero-order valence-electron chi connectivity index (χ0n) is 16.5. The van der Waals surface area contributed by atoms with Crippen LogP contribution >= 0.6 is 0 Å². The highest BCUT2D eigenvalue weighted by atomic mass is 16.2. The van der Waals surface area contributed by atoms with E-state index in [-0.39, 0.29) is 12.5 Å². The normalized spacial score (nSPS) is 10.9. The zero-order valence-corrected chi connectivity index (χ0v) is 16.5. The Hall–Kier alpha value is -3.81. The van der Waals surface area contributed by atoms with E-state index in [1.54, 1.807) is 12.4 Å². The molecule has 8 heteroatoms. The van der Waals surface area contributed by atoms with Gasteiger partial charge in [-0.1, -0.05) is 12.1 Å². The van der Waals surface area contributed by atoms with Crippen LogP contribution in [0.25, 0.3) is 22.3 Å². The van der Waals surface area contributed by atoms with E-state index in [4.69, 9.17) is 4.98 Å². The fraction of sp³-hybridized carbons (Fsp3) is 0.190. The van der Waals surface area contributed by atoms with E-state index < -0.39 is 0 Å². The Morgan fingerprint density at radius 2 is 1.97 bits per heavy atom. The van der Waals surface area contributed by atoms with Gasteiger partial charge in [0.25, 0.3) is 0 Å². The number of aromatic nitrogens is 5. The van der Waals surface area contributed by atoms with Gasteiger partial charge in [0, 0.05) is 30.4 Å². The fourth-order valence-electron chi connectivity index (χ4n) is 3.18. The Labute approximate surface area is 168 Å². The highest BCUT2D eigenvalue weighted by molar-refractivity contribution is 5.97. The number of nitrogens with zero attached hydrogens (tertiary/aromatic N) is 5. The molecule has 0 atom stereocenters. The Kier molecular flexibility index (Phi) is 4.90. The molecule has 146 valence electrons. The number of aryl methyl sites for hydroxylation is 2. The maximum Gasteiger partial charge on any atom is 0.244 e. The van der Waals surface area contributed by atoms with E-state index in [2.05, 4.69) is 25.5 Å². The number of fused-ring (bicyclic) bond motifs is 1. The van der Waals surface area contributed by atoms with Gasteiger partial charge in [-0.25, -0.2) is 9.97 Å². The van der Waals surface area contributed by atoms with Crippen LogP contribution in [0.15, 0.2) is 48.8 Å². The predicted octanol–water partition coefficient (Wildman–Crippen LogP) is 3.11. The molecular weight excluding hydrogens is 366 g/mol. The minimum atomic E-state index is -0.147. The summed E-state index contributed by atoms with van der Waals surface area (Å²) in [6.45, 7) is 3.86. The lowest BCUT2D eigenvalue weighted by Gasteiger charge is -2.20. The Bertz CT molecular complexity index is 1150. The molecule has 3 heterocycles.